The van der Waals surface area contributed by atoms with Crippen molar-refractivity contribution in [2.45, 2.75) is 32.2 Å². The van der Waals surface area contributed by atoms with Crippen LogP contribution in [0.3, 0.4) is 0 Å². The topological polar surface area (TPSA) is 3.24 Å². The third kappa shape index (κ3) is 1.22. The maximum absolute atomic E-state index is 4.08. The van der Waals surface area contributed by atoms with Gasteiger partial charge in [-0.15, -0.1) is 0 Å². The lowest BCUT2D eigenvalue weighted by Gasteiger charge is -2.32. The zero-order chi connectivity index (χ0) is 7.84. The maximum Gasteiger partial charge on any atom is 0.0158 e. The quantitative estimate of drug-likeness (QED) is 0.479. The maximum atomic E-state index is 4.08. The van der Waals surface area contributed by atoms with Crippen molar-refractivity contribution < 1.29 is 0 Å². The summed E-state index contributed by atoms with van der Waals surface area (Å²) in [7, 11) is 0. The van der Waals surface area contributed by atoms with Gasteiger partial charge in [-0.2, -0.15) is 0 Å². The first-order valence-corrected chi connectivity index (χ1v) is 4.68. The van der Waals surface area contributed by atoms with Gasteiger partial charge in [0.1, 0.15) is 0 Å². The van der Waals surface area contributed by atoms with Gasteiger partial charge in [0, 0.05) is 12.6 Å². The molecule has 1 nitrogen and oxygen atoms in total. The summed E-state index contributed by atoms with van der Waals surface area (Å²) in [5, 5.41) is 0. The van der Waals surface area contributed by atoms with Crippen LogP contribution in [0, 0.1) is 5.92 Å². The molecule has 0 amide bonds. The van der Waals surface area contributed by atoms with E-state index in [9.17, 15) is 0 Å². The monoisotopic (exact) mass is 151 g/mol. The van der Waals surface area contributed by atoms with Crippen molar-refractivity contribution >= 4 is 0 Å². The molecule has 2 heterocycles. The van der Waals surface area contributed by atoms with Crippen molar-refractivity contribution in [3.63, 3.8) is 0 Å². The molecule has 0 aromatic rings. The van der Waals surface area contributed by atoms with Crippen LogP contribution in [-0.2, 0) is 0 Å². The van der Waals surface area contributed by atoms with Crippen molar-refractivity contribution in [1.29, 1.82) is 0 Å². The standard InChI is InChI=1S/C10H17N/c1-8-3-5-11-6-4-9(2)10(11)7-8/h9-10H,1,3-7H2,2H3. The molecule has 2 aliphatic rings. The largest absolute Gasteiger partial charge is 0.299 e. The lowest BCUT2D eigenvalue weighted by atomic mass is 9.92. The van der Waals surface area contributed by atoms with Gasteiger partial charge in [0.15, 0.2) is 0 Å². The lowest BCUT2D eigenvalue weighted by molar-refractivity contribution is 0.206. The number of hydrogen-bond acceptors (Lipinski definition) is 1. The second kappa shape index (κ2) is 2.63. The van der Waals surface area contributed by atoms with E-state index in [1.54, 1.807) is 0 Å². The van der Waals surface area contributed by atoms with Gasteiger partial charge in [0.05, 0.1) is 0 Å². The summed E-state index contributed by atoms with van der Waals surface area (Å²) in [6.07, 6.45) is 3.91. The average molecular weight is 151 g/mol. The summed E-state index contributed by atoms with van der Waals surface area (Å²) in [5.41, 5.74) is 1.47. The van der Waals surface area contributed by atoms with Gasteiger partial charge in [0.2, 0.25) is 0 Å². The fourth-order valence-corrected chi connectivity index (χ4v) is 2.40. The molecule has 2 unspecified atom stereocenters. The van der Waals surface area contributed by atoms with Gasteiger partial charge in [0.25, 0.3) is 0 Å². The molecule has 2 saturated heterocycles. The number of rotatable bonds is 0. The predicted molar refractivity (Wildman–Crippen MR) is 47.5 cm³/mol. The Balaban J connectivity index is 2.07. The highest BCUT2D eigenvalue weighted by atomic mass is 15.2. The molecule has 62 valence electrons. The molecule has 0 aliphatic carbocycles. The van der Waals surface area contributed by atoms with Crippen LogP contribution in [0.1, 0.15) is 26.2 Å². The van der Waals surface area contributed by atoms with Crippen molar-refractivity contribution in [3.05, 3.63) is 12.2 Å². The zero-order valence-corrected chi connectivity index (χ0v) is 7.34. The van der Waals surface area contributed by atoms with Gasteiger partial charge in [-0.1, -0.05) is 19.1 Å². The molecule has 0 radical (unpaired) electrons. The van der Waals surface area contributed by atoms with Crippen LogP contribution in [0.4, 0.5) is 0 Å². The Morgan fingerprint density at radius 2 is 2.27 bits per heavy atom. The van der Waals surface area contributed by atoms with Crippen LogP contribution >= 0.6 is 0 Å². The third-order valence-corrected chi connectivity index (χ3v) is 3.25. The van der Waals surface area contributed by atoms with E-state index in [4.69, 9.17) is 0 Å². The smallest absolute Gasteiger partial charge is 0.0158 e. The normalized spacial score (nSPS) is 39.2. The van der Waals surface area contributed by atoms with E-state index < -0.39 is 0 Å². The third-order valence-electron chi connectivity index (χ3n) is 3.25. The Morgan fingerprint density at radius 1 is 1.45 bits per heavy atom. The summed E-state index contributed by atoms with van der Waals surface area (Å²) in [6.45, 7) is 9.06. The molecule has 2 rings (SSSR count). The lowest BCUT2D eigenvalue weighted by Crippen LogP contribution is -2.37. The molecule has 2 atom stereocenters. The minimum Gasteiger partial charge on any atom is -0.299 e. The Bertz CT molecular complexity index is 174. The van der Waals surface area contributed by atoms with Crippen LogP contribution in [0.15, 0.2) is 12.2 Å². The van der Waals surface area contributed by atoms with Gasteiger partial charge in [-0.3, -0.25) is 4.90 Å². The first-order chi connectivity index (χ1) is 5.27. The van der Waals surface area contributed by atoms with Crippen molar-refractivity contribution in [3.8, 4) is 0 Å². The highest BCUT2D eigenvalue weighted by Gasteiger charge is 2.33. The summed E-state index contributed by atoms with van der Waals surface area (Å²) in [5.74, 6) is 0.909. The average Bonchev–Trinajstić information content (AvgIpc) is 2.33. The van der Waals surface area contributed by atoms with Crippen LogP contribution < -0.4 is 0 Å². The molecule has 2 fully saturated rings. The number of piperidine rings is 1. The molecule has 0 bridgehead atoms. The van der Waals surface area contributed by atoms with Gasteiger partial charge in [-0.25, -0.2) is 0 Å². The van der Waals surface area contributed by atoms with Gasteiger partial charge < -0.3 is 0 Å². The van der Waals surface area contributed by atoms with E-state index in [2.05, 4.69) is 18.4 Å². The molecule has 11 heavy (non-hydrogen) atoms. The highest BCUT2D eigenvalue weighted by molar-refractivity contribution is 5.06. The van der Waals surface area contributed by atoms with Gasteiger partial charge >= 0.3 is 0 Å². The summed E-state index contributed by atoms with van der Waals surface area (Å²) >= 11 is 0. The predicted octanol–water partition coefficient (Wildman–Crippen LogP) is 2.05. The van der Waals surface area contributed by atoms with Crippen LogP contribution in [0.5, 0.6) is 0 Å². The van der Waals surface area contributed by atoms with Crippen LogP contribution in [0.2, 0.25) is 0 Å². The first kappa shape index (κ1) is 7.35. The van der Waals surface area contributed by atoms with E-state index in [-0.39, 0.29) is 0 Å². The second-order valence-corrected chi connectivity index (χ2v) is 4.07. The van der Waals surface area contributed by atoms with E-state index in [1.807, 2.05) is 0 Å². The Hall–Kier alpha value is -0.300. The van der Waals surface area contributed by atoms with E-state index in [0.717, 1.165) is 12.0 Å². The van der Waals surface area contributed by atoms with Crippen molar-refractivity contribution in [2.24, 2.45) is 5.92 Å². The molecule has 0 N–H and O–H groups in total. The number of hydrogen-bond donors (Lipinski definition) is 0. The van der Waals surface area contributed by atoms with E-state index in [0.29, 0.717) is 0 Å². The molecule has 0 aromatic heterocycles. The second-order valence-electron chi connectivity index (χ2n) is 4.07. The molecule has 0 saturated carbocycles. The molecule has 0 spiro atoms. The van der Waals surface area contributed by atoms with Crippen molar-refractivity contribution in [1.82, 2.24) is 4.90 Å². The Morgan fingerprint density at radius 3 is 3.09 bits per heavy atom. The van der Waals surface area contributed by atoms with Crippen LogP contribution in [-0.4, -0.2) is 24.0 Å². The number of nitrogens with zero attached hydrogens (tertiary/aromatic N) is 1. The van der Waals surface area contributed by atoms with Crippen molar-refractivity contribution in [2.75, 3.05) is 13.1 Å². The van der Waals surface area contributed by atoms with Gasteiger partial charge in [-0.05, 0) is 31.7 Å². The summed E-state index contributed by atoms with van der Waals surface area (Å²) in [6, 6.07) is 0.844. The minimum absolute atomic E-state index is 0.844. The molecular formula is C10H17N. The Kier molecular flexibility index (Phi) is 1.76. The molecule has 0 aromatic carbocycles. The summed E-state index contributed by atoms with van der Waals surface area (Å²) in [4.78, 5) is 2.64. The Labute approximate surface area is 69.1 Å². The first-order valence-electron chi connectivity index (χ1n) is 4.68. The molecule has 2 aliphatic heterocycles. The minimum atomic E-state index is 0.844. The molecular weight excluding hydrogens is 134 g/mol. The fourth-order valence-electron chi connectivity index (χ4n) is 2.40. The van der Waals surface area contributed by atoms with E-state index in [1.165, 1.54) is 37.9 Å². The highest BCUT2D eigenvalue weighted by Crippen LogP contribution is 2.32. The molecule has 1 heteroatoms. The van der Waals surface area contributed by atoms with E-state index >= 15 is 0 Å². The van der Waals surface area contributed by atoms with Crippen LogP contribution in [0.25, 0.3) is 0 Å². The number of fused-ring (bicyclic) bond motifs is 1. The fraction of sp³-hybridized carbons (Fsp3) is 0.800. The SMILES string of the molecule is C=C1CCN2CCC(C)C2C1. The summed E-state index contributed by atoms with van der Waals surface area (Å²) < 4.78 is 0. The zero-order valence-electron chi connectivity index (χ0n) is 7.34.